The van der Waals surface area contributed by atoms with Crippen LogP contribution in [0, 0.1) is 13.8 Å². The zero-order valence-electron chi connectivity index (χ0n) is 16.8. The summed E-state index contributed by atoms with van der Waals surface area (Å²) >= 11 is 0. The highest BCUT2D eigenvalue weighted by atomic mass is 16.2. The summed E-state index contributed by atoms with van der Waals surface area (Å²) < 4.78 is 2.14. The van der Waals surface area contributed by atoms with Crippen LogP contribution in [0.25, 0.3) is 0 Å². The van der Waals surface area contributed by atoms with Gasteiger partial charge >= 0.3 is 0 Å². The number of rotatable bonds is 4. The van der Waals surface area contributed by atoms with Gasteiger partial charge in [-0.25, -0.2) is 4.98 Å². The Hall–Kier alpha value is -3.22. The first-order valence-corrected chi connectivity index (χ1v) is 9.92. The summed E-state index contributed by atoms with van der Waals surface area (Å²) in [6, 6.07) is 5.68. The van der Waals surface area contributed by atoms with Crippen LogP contribution in [0.4, 0.5) is 0 Å². The van der Waals surface area contributed by atoms with Gasteiger partial charge in [0.15, 0.2) is 0 Å². The topological polar surface area (TPSA) is 83.9 Å². The number of carbonyl (C=O) groups is 1. The highest BCUT2D eigenvalue weighted by molar-refractivity contribution is 5.94. The van der Waals surface area contributed by atoms with E-state index in [0.29, 0.717) is 13.1 Å². The molecule has 1 unspecified atom stereocenters. The molecule has 0 aliphatic carbocycles. The Balaban J connectivity index is 1.54. The van der Waals surface area contributed by atoms with Crippen molar-refractivity contribution < 1.29 is 4.79 Å². The predicted octanol–water partition coefficient (Wildman–Crippen LogP) is 2.65. The molecule has 3 aromatic heterocycles. The summed E-state index contributed by atoms with van der Waals surface area (Å²) in [5.74, 6) is 0.926. The maximum Gasteiger partial charge on any atom is 0.261 e. The number of piperidine rings is 1. The second-order valence-corrected chi connectivity index (χ2v) is 7.68. The van der Waals surface area contributed by atoms with Crippen LogP contribution in [0.15, 0.2) is 47.8 Å². The summed E-state index contributed by atoms with van der Waals surface area (Å²) in [5, 5.41) is 0. The lowest BCUT2D eigenvalue weighted by Crippen LogP contribution is -2.41. The number of H-pyrrole nitrogens is 1. The number of carbonyl (C=O) groups excluding carboxylic acids is 1. The van der Waals surface area contributed by atoms with Crippen molar-refractivity contribution in [2.75, 3.05) is 13.1 Å². The minimum absolute atomic E-state index is 0.148. The van der Waals surface area contributed by atoms with E-state index in [1.807, 2.05) is 38.4 Å². The molecule has 3 aromatic rings. The van der Waals surface area contributed by atoms with E-state index in [1.165, 1.54) is 0 Å². The normalized spacial score (nSPS) is 16.8. The van der Waals surface area contributed by atoms with Gasteiger partial charge in [0.25, 0.3) is 11.5 Å². The minimum Gasteiger partial charge on any atom is -0.338 e. The van der Waals surface area contributed by atoms with E-state index in [9.17, 15) is 9.59 Å². The van der Waals surface area contributed by atoms with E-state index in [2.05, 4.69) is 19.5 Å². The zero-order valence-corrected chi connectivity index (χ0v) is 16.8. The molecule has 1 atom stereocenters. The highest BCUT2D eigenvalue weighted by Crippen LogP contribution is 2.27. The van der Waals surface area contributed by atoms with Crippen LogP contribution in [0.5, 0.6) is 0 Å². The first-order valence-electron chi connectivity index (χ1n) is 9.92. The van der Waals surface area contributed by atoms with Crippen molar-refractivity contribution in [3.8, 4) is 0 Å². The van der Waals surface area contributed by atoms with Crippen molar-refractivity contribution in [2.24, 2.45) is 0 Å². The quantitative estimate of drug-likeness (QED) is 0.741. The lowest BCUT2D eigenvalue weighted by Gasteiger charge is -2.32. The number of likely N-dealkylation sites (tertiary alicyclic amines) is 1. The molecule has 29 heavy (non-hydrogen) atoms. The molecule has 1 N–H and O–H groups in total. The fourth-order valence-corrected chi connectivity index (χ4v) is 3.93. The van der Waals surface area contributed by atoms with Gasteiger partial charge in [0.05, 0.1) is 0 Å². The molecule has 0 radical (unpaired) electrons. The first kappa shape index (κ1) is 19.1. The third-order valence-electron chi connectivity index (χ3n) is 5.65. The molecule has 1 amide bonds. The molecule has 0 spiro atoms. The fourth-order valence-electron chi connectivity index (χ4n) is 3.93. The second kappa shape index (κ2) is 8.03. The average Bonchev–Trinajstić information content (AvgIpc) is 3.19. The lowest BCUT2D eigenvalue weighted by molar-refractivity contribution is 0.0701. The van der Waals surface area contributed by atoms with Crippen molar-refractivity contribution in [2.45, 2.75) is 39.2 Å². The summed E-state index contributed by atoms with van der Waals surface area (Å²) in [6.07, 6.45) is 9.22. The van der Waals surface area contributed by atoms with Gasteiger partial charge in [0.2, 0.25) is 0 Å². The van der Waals surface area contributed by atoms with E-state index < -0.39 is 0 Å². The first-order chi connectivity index (χ1) is 14.0. The number of aromatic nitrogens is 4. The summed E-state index contributed by atoms with van der Waals surface area (Å²) in [4.78, 5) is 38.6. The van der Waals surface area contributed by atoms with Gasteiger partial charge < -0.3 is 14.5 Å². The van der Waals surface area contributed by atoms with Gasteiger partial charge in [0.1, 0.15) is 11.4 Å². The summed E-state index contributed by atoms with van der Waals surface area (Å²) in [6.45, 7) is 5.69. The van der Waals surface area contributed by atoms with Gasteiger partial charge in [-0.2, -0.15) is 0 Å². The smallest absolute Gasteiger partial charge is 0.261 e. The van der Waals surface area contributed by atoms with Crippen LogP contribution >= 0.6 is 0 Å². The van der Waals surface area contributed by atoms with Gasteiger partial charge in [0, 0.05) is 56.0 Å². The Morgan fingerprint density at radius 2 is 2.03 bits per heavy atom. The molecule has 7 heteroatoms. The molecule has 1 aliphatic rings. The lowest BCUT2D eigenvalue weighted by atomic mass is 9.96. The van der Waals surface area contributed by atoms with Crippen molar-refractivity contribution in [1.29, 1.82) is 0 Å². The molecule has 4 heterocycles. The molecular weight excluding hydrogens is 366 g/mol. The number of amides is 1. The van der Waals surface area contributed by atoms with Gasteiger partial charge in [-0.05, 0) is 56.0 Å². The van der Waals surface area contributed by atoms with Crippen molar-refractivity contribution >= 4 is 5.91 Å². The number of aromatic amines is 1. The Morgan fingerprint density at radius 1 is 1.24 bits per heavy atom. The van der Waals surface area contributed by atoms with E-state index in [4.69, 9.17) is 0 Å². The molecule has 150 valence electrons. The molecule has 1 saturated heterocycles. The molecule has 1 fully saturated rings. The molecular formula is C22H25N5O2. The third-order valence-corrected chi connectivity index (χ3v) is 5.65. The Kier molecular flexibility index (Phi) is 5.29. The number of aryl methyl sites for hydroxylation is 2. The summed E-state index contributed by atoms with van der Waals surface area (Å²) in [7, 11) is 0. The molecule has 0 saturated carbocycles. The number of hydrogen-bond donors (Lipinski definition) is 1. The minimum atomic E-state index is -0.320. The number of hydrogen-bond acceptors (Lipinski definition) is 4. The van der Waals surface area contributed by atoms with Gasteiger partial charge in [-0.15, -0.1) is 0 Å². The zero-order chi connectivity index (χ0) is 20.4. The number of nitrogens with one attached hydrogen (secondary N) is 1. The maximum absolute atomic E-state index is 13.0. The number of pyridine rings is 2. The van der Waals surface area contributed by atoms with Crippen LogP contribution < -0.4 is 5.56 Å². The Labute approximate surface area is 169 Å². The van der Waals surface area contributed by atoms with E-state index in [-0.39, 0.29) is 22.9 Å². The molecule has 0 aromatic carbocycles. The third kappa shape index (κ3) is 3.99. The van der Waals surface area contributed by atoms with E-state index in [0.717, 1.165) is 42.0 Å². The average molecular weight is 391 g/mol. The monoisotopic (exact) mass is 391 g/mol. The standard InChI is InChI=1S/C22H25N5O2/c1-15-12-19(21(28)25-16(15)2)22(29)27-10-3-4-18(14-27)20-24-9-11-26(20)13-17-5-7-23-8-6-17/h5-9,11-12,18H,3-4,10,13-14H2,1-2H3,(H,25,28). The highest BCUT2D eigenvalue weighted by Gasteiger charge is 2.29. The molecule has 4 rings (SSSR count). The second-order valence-electron chi connectivity index (χ2n) is 7.68. The van der Waals surface area contributed by atoms with Crippen molar-refractivity contribution in [3.05, 3.63) is 81.5 Å². The molecule has 0 bridgehead atoms. The summed E-state index contributed by atoms with van der Waals surface area (Å²) in [5.41, 5.74) is 2.76. The molecule has 1 aliphatic heterocycles. The van der Waals surface area contributed by atoms with Crippen LogP contribution in [-0.2, 0) is 6.54 Å². The van der Waals surface area contributed by atoms with E-state index >= 15 is 0 Å². The molecule has 7 nitrogen and oxygen atoms in total. The van der Waals surface area contributed by atoms with Crippen LogP contribution in [0.2, 0.25) is 0 Å². The largest absolute Gasteiger partial charge is 0.338 e. The SMILES string of the molecule is Cc1cc(C(=O)N2CCCC(c3nccn3Cc3ccncc3)C2)c(=O)[nH]c1C. The van der Waals surface area contributed by atoms with Crippen LogP contribution in [0.1, 0.15) is 51.8 Å². The Morgan fingerprint density at radius 3 is 2.83 bits per heavy atom. The number of nitrogens with zero attached hydrogens (tertiary/aromatic N) is 4. The van der Waals surface area contributed by atoms with Gasteiger partial charge in [-0.1, -0.05) is 0 Å². The van der Waals surface area contributed by atoms with Crippen LogP contribution in [0.3, 0.4) is 0 Å². The number of imidazole rings is 1. The maximum atomic E-state index is 13.0. The van der Waals surface area contributed by atoms with Crippen LogP contribution in [-0.4, -0.2) is 43.4 Å². The Bertz CT molecular complexity index is 1070. The fraction of sp³-hybridized carbons (Fsp3) is 0.364. The van der Waals surface area contributed by atoms with Gasteiger partial charge in [-0.3, -0.25) is 14.6 Å². The van der Waals surface area contributed by atoms with Crippen molar-refractivity contribution in [3.63, 3.8) is 0 Å². The predicted molar refractivity (Wildman–Crippen MR) is 110 cm³/mol. The van der Waals surface area contributed by atoms with Crippen molar-refractivity contribution in [1.82, 2.24) is 24.4 Å². The van der Waals surface area contributed by atoms with E-state index in [1.54, 1.807) is 23.4 Å².